The highest BCUT2D eigenvalue weighted by Gasteiger charge is 2.55. The standard InChI is InChI=1S/C19H23Cl2NOS2/c20-16-5-4-12(17(21)10-16)11-22-18(23)13-8-14-2-1-3-15(9-13)19(14)24-6-7-25-19/h4-5,10,13-15H,1-3,6-9,11H2,(H,22,23)/t13?,14-,15+. The minimum atomic E-state index is 0.161. The van der Waals surface area contributed by atoms with Crippen molar-refractivity contribution < 1.29 is 4.79 Å². The molecular weight excluding hydrogens is 393 g/mol. The summed E-state index contributed by atoms with van der Waals surface area (Å²) in [6.07, 6.45) is 6.03. The topological polar surface area (TPSA) is 29.1 Å². The molecule has 1 aromatic rings. The van der Waals surface area contributed by atoms with Crippen molar-refractivity contribution in [1.29, 1.82) is 0 Å². The van der Waals surface area contributed by atoms with Crippen LogP contribution in [0.15, 0.2) is 18.2 Å². The van der Waals surface area contributed by atoms with E-state index in [2.05, 4.69) is 28.8 Å². The van der Waals surface area contributed by atoms with Crippen molar-refractivity contribution in [1.82, 2.24) is 5.32 Å². The highest BCUT2D eigenvalue weighted by Crippen LogP contribution is 2.64. The molecule has 1 amide bonds. The average molecular weight is 416 g/mol. The quantitative estimate of drug-likeness (QED) is 0.694. The molecule has 4 rings (SSSR count). The maximum atomic E-state index is 12.8. The van der Waals surface area contributed by atoms with E-state index in [-0.39, 0.29) is 11.8 Å². The second-order valence-corrected chi connectivity index (χ2v) is 11.2. The summed E-state index contributed by atoms with van der Waals surface area (Å²) in [5.74, 6) is 4.33. The van der Waals surface area contributed by atoms with E-state index in [0.29, 0.717) is 32.5 Å². The molecule has 0 aromatic heterocycles. The van der Waals surface area contributed by atoms with Crippen molar-refractivity contribution in [3.8, 4) is 0 Å². The van der Waals surface area contributed by atoms with Gasteiger partial charge < -0.3 is 5.32 Å². The zero-order valence-corrected chi connectivity index (χ0v) is 17.2. The predicted molar refractivity (Wildman–Crippen MR) is 110 cm³/mol. The Hall–Kier alpha value is -0.0300. The van der Waals surface area contributed by atoms with Crippen LogP contribution in [0.5, 0.6) is 0 Å². The monoisotopic (exact) mass is 415 g/mol. The van der Waals surface area contributed by atoms with Gasteiger partial charge in [0.15, 0.2) is 0 Å². The molecule has 1 N–H and O–H groups in total. The third-order valence-corrected chi connectivity index (χ3v) is 10.6. The van der Waals surface area contributed by atoms with Crippen molar-refractivity contribution in [2.75, 3.05) is 11.5 Å². The van der Waals surface area contributed by atoms with Gasteiger partial charge in [0, 0.05) is 34.0 Å². The van der Waals surface area contributed by atoms with E-state index in [0.717, 1.165) is 18.4 Å². The van der Waals surface area contributed by atoms with Crippen molar-refractivity contribution in [3.63, 3.8) is 0 Å². The van der Waals surface area contributed by atoms with Crippen LogP contribution in [0.1, 0.15) is 37.7 Å². The molecule has 6 heteroatoms. The Balaban J connectivity index is 1.40. The third kappa shape index (κ3) is 3.56. The molecule has 1 unspecified atom stereocenters. The zero-order chi connectivity index (χ0) is 17.4. The Morgan fingerprint density at radius 3 is 2.48 bits per heavy atom. The number of halogens is 2. The molecule has 2 bridgehead atoms. The summed E-state index contributed by atoms with van der Waals surface area (Å²) in [5, 5.41) is 4.36. The van der Waals surface area contributed by atoms with E-state index in [1.54, 1.807) is 6.07 Å². The molecule has 25 heavy (non-hydrogen) atoms. The third-order valence-electron chi connectivity index (χ3n) is 5.96. The molecule has 1 heterocycles. The number of hydrogen-bond donors (Lipinski definition) is 1. The van der Waals surface area contributed by atoms with Gasteiger partial charge in [-0.1, -0.05) is 35.7 Å². The molecule has 3 fully saturated rings. The van der Waals surface area contributed by atoms with Gasteiger partial charge in [-0.2, -0.15) is 0 Å². The second kappa shape index (κ2) is 7.53. The lowest BCUT2D eigenvalue weighted by atomic mass is 9.67. The smallest absolute Gasteiger partial charge is 0.223 e. The first-order chi connectivity index (χ1) is 12.1. The van der Waals surface area contributed by atoms with Crippen LogP contribution in [0.25, 0.3) is 0 Å². The van der Waals surface area contributed by atoms with Gasteiger partial charge in [0.25, 0.3) is 0 Å². The minimum Gasteiger partial charge on any atom is -0.352 e. The molecule has 3 aliphatic rings. The first-order valence-corrected chi connectivity index (χ1v) is 11.8. The van der Waals surface area contributed by atoms with E-state index < -0.39 is 0 Å². The number of thioether (sulfide) groups is 2. The van der Waals surface area contributed by atoms with Gasteiger partial charge in [0.05, 0.1) is 4.08 Å². The number of carbonyl (C=O) groups is 1. The number of hydrogen-bond acceptors (Lipinski definition) is 3. The fourth-order valence-corrected chi connectivity index (χ4v) is 9.23. The normalized spacial score (nSPS) is 30.4. The van der Waals surface area contributed by atoms with Gasteiger partial charge >= 0.3 is 0 Å². The summed E-state index contributed by atoms with van der Waals surface area (Å²) in [7, 11) is 0. The summed E-state index contributed by atoms with van der Waals surface area (Å²) in [6, 6.07) is 5.44. The molecule has 0 radical (unpaired) electrons. The summed E-state index contributed by atoms with van der Waals surface area (Å²) in [6.45, 7) is 0.481. The summed E-state index contributed by atoms with van der Waals surface area (Å²) in [5.41, 5.74) is 0.925. The lowest BCUT2D eigenvalue weighted by molar-refractivity contribution is -0.127. The summed E-state index contributed by atoms with van der Waals surface area (Å²) >= 11 is 16.5. The zero-order valence-electron chi connectivity index (χ0n) is 14.1. The Morgan fingerprint density at radius 2 is 1.84 bits per heavy atom. The minimum absolute atomic E-state index is 0.161. The van der Waals surface area contributed by atoms with Crippen LogP contribution in [0, 0.1) is 17.8 Å². The fourth-order valence-electron chi connectivity index (χ4n) is 4.81. The molecule has 2 aliphatic carbocycles. The van der Waals surface area contributed by atoms with Gasteiger partial charge in [-0.15, -0.1) is 23.5 Å². The Kier molecular flexibility index (Phi) is 5.53. The van der Waals surface area contributed by atoms with E-state index in [9.17, 15) is 4.79 Å². The largest absolute Gasteiger partial charge is 0.352 e. The molecule has 2 nitrogen and oxygen atoms in total. The van der Waals surface area contributed by atoms with Gasteiger partial charge in [-0.05, 0) is 55.2 Å². The highest BCUT2D eigenvalue weighted by atomic mass is 35.5. The number of benzene rings is 1. The lowest BCUT2D eigenvalue weighted by Gasteiger charge is -2.52. The van der Waals surface area contributed by atoms with Gasteiger partial charge in [-0.25, -0.2) is 0 Å². The molecule has 2 saturated carbocycles. The van der Waals surface area contributed by atoms with Gasteiger partial charge in [0.1, 0.15) is 0 Å². The molecule has 1 aromatic carbocycles. The molecule has 3 atom stereocenters. The fraction of sp³-hybridized carbons (Fsp3) is 0.632. The Labute approximate surface area is 168 Å². The van der Waals surface area contributed by atoms with Crippen LogP contribution in [0.3, 0.4) is 0 Å². The Bertz CT molecular complexity index is 647. The van der Waals surface area contributed by atoms with Crippen LogP contribution in [-0.4, -0.2) is 21.5 Å². The molecule has 1 aliphatic heterocycles. The van der Waals surface area contributed by atoms with Crippen LogP contribution in [0.2, 0.25) is 10.0 Å². The summed E-state index contributed by atoms with van der Waals surface area (Å²) in [4.78, 5) is 12.8. The number of nitrogens with one attached hydrogen (secondary N) is 1. The van der Waals surface area contributed by atoms with Gasteiger partial charge in [-0.3, -0.25) is 4.79 Å². The molecular formula is C19H23Cl2NOS2. The SMILES string of the molecule is O=C(NCc1ccc(Cl)cc1Cl)C1C[C@H]2CCC[C@@H](C1)C21SCCS1. The van der Waals surface area contributed by atoms with E-state index in [4.69, 9.17) is 23.2 Å². The van der Waals surface area contributed by atoms with E-state index in [1.165, 1.54) is 30.8 Å². The first kappa shape index (κ1) is 18.3. The predicted octanol–water partition coefficient (Wildman–Crippen LogP) is 5.61. The van der Waals surface area contributed by atoms with Crippen molar-refractivity contribution in [2.45, 2.75) is 42.7 Å². The van der Waals surface area contributed by atoms with Crippen molar-refractivity contribution in [3.05, 3.63) is 33.8 Å². The van der Waals surface area contributed by atoms with Crippen molar-refractivity contribution in [2.24, 2.45) is 17.8 Å². The average Bonchev–Trinajstić information content (AvgIpc) is 3.03. The molecule has 1 spiro atoms. The maximum absolute atomic E-state index is 12.8. The molecule has 136 valence electrons. The summed E-state index contributed by atoms with van der Waals surface area (Å²) < 4.78 is 0.425. The number of carbonyl (C=O) groups excluding carboxylic acids is 1. The lowest BCUT2D eigenvalue weighted by Crippen LogP contribution is -2.49. The van der Waals surface area contributed by atoms with Crippen LogP contribution >= 0.6 is 46.7 Å². The van der Waals surface area contributed by atoms with Gasteiger partial charge in [0.2, 0.25) is 5.91 Å². The van der Waals surface area contributed by atoms with Crippen LogP contribution in [0.4, 0.5) is 0 Å². The highest BCUT2D eigenvalue weighted by molar-refractivity contribution is 8.21. The number of rotatable bonds is 3. The second-order valence-electron chi connectivity index (χ2n) is 7.36. The first-order valence-electron chi connectivity index (χ1n) is 9.08. The van der Waals surface area contributed by atoms with Crippen LogP contribution in [-0.2, 0) is 11.3 Å². The Morgan fingerprint density at radius 1 is 1.16 bits per heavy atom. The van der Waals surface area contributed by atoms with E-state index >= 15 is 0 Å². The molecule has 1 saturated heterocycles. The van der Waals surface area contributed by atoms with Crippen molar-refractivity contribution >= 4 is 52.6 Å². The van der Waals surface area contributed by atoms with E-state index in [1.807, 2.05) is 12.1 Å². The van der Waals surface area contributed by atoms with Crippen LogP contribution < -0.4 is 5.32 Å². The maximum Gasteiger partial charge on any atom is 0.223 e. The number of amides is 1.